The van der Waals surface area contributed by atoms with Crippen molar-refractivity contribution in [1.82, 2.24) is 9.80 Å². The number of hydrogen-bond acceptors (Lipinski definition) is 2. The van der Waals surface area contributed by atoms with E-state index in [2.05, 4.69) is 11.1 Å². The summed E-state index contributed by atoms with van der Waals surface area (Å²) in [4.78, 5) is 8.68. The summed E-state index contributed by atoms with van der Waals surface area (Å²) in [5.74, 6) is 1.02. The van der Waals surface area contributed by atoms with E-state index in [1.807, 2.05) is 38.0 Å². The van der Waals surface area contributed by atoms with Crippen molar-refractivity contribution in [3.05, 3.63) is 11.6 Å². The first-order chi connectivity index (χ1) is 7.61. The van der Waals surface area contributed by atoms with Gasteiger partial charge in [0.05, 0.1) is 13.2 Å². The first kappa shape index (κ1) is 13.0. The molecule has 0 radical (unpaired) electrons. The van der Waals surface area contributed by atoms with Crippen molar-refractivity contribution in [2.24, 2.45) is 4.99 Å². The fraction of sp³-hybridized carbons (Fsp3) is 0.750. The Morgan fingerprint density at radius 2 is 2.00 bits per heavy atom. The number of guanidine groups is 1. The molecular weight excluding hydrogens is 202 g/mol. The second-order valence-electron chi connectivity index (χ2n) is 4.41. The van der Waals surface area contributed by atoms with Gasteiger partial charge >= 0.3 is 0 Å². The van der Waals surface area contributed by atoms with E-state index >= 15 is 0 Å². The van der Waals surface area contributed by atoms with Crippen LogP contribution >= 0.6 is 0 Å². The van der Waals surface area contributed by atoms with Crippen LogP contribution < -0.4 is 0 Å². The summed E-state index contributed by atoms with van der Waals surface area (Å²) >= 11 is 0. The fourth-order valence-electron chi connectivity index (χ4n) is 1.77. The molecule has 0 N–H and O–H groups in total. The molecule has 0 unspecified atom stereocenters. The van der Waals surface area contributed by atoms with Gasteiger partial charge in [-0.3, -0.25) is 4.99 Å². The highest BCUT2D eigenvalue weighted by molar-refractivity contribution is 5.79. The third-order valence-corrected chi connectivity index (χ3v) is 2.54. The van der Waals surface area contributed by atoms with Crippen molar-refractivity contribution < 1.29 is 4.74 Å². The van der Waals surface area contributed by atoms with Crippen molar-refractivity contribution in [1.29, 1.82) is 0 Å². The zero-order valence-electron chi connectivity index (χ0n) is 10.9. The van der Waals surface area contributed by atoms with Gasteiger partial charge in [0.15, 0.2) is 5.96 Å². The van der Waals surface area contributed by atoms with E-state index in [4.69, 9.17) is 4.74 Å². The van der Waals surface area contributed by atoms with Crippen LogP contribution in [0.3, 0.4) is 0 Å². The predicted octanol–water partition coefficient (Wildman–Crippen LogP) is 1.20. The van der Waals surface area contributed by atoms with Crippen molar-refractivity contribution >= 4 is 5.96 Å². The van der Waals surface area contributed by atoms with Gasteiger partial charge in [0.1, 0.15) is 0 Å². The maximum absolute atomic E-state index is 5.27. The molecule has 0 aromatic carbocycles. The Hall–Kier alpha value is -1.03. The first-order valence-corrected chi connectivity index (χ1v) is 5.76. The molecule has 0 aromatic rings. The smallest absolute Gasteiger partial charge is 0.195 e. The standard InChI is InChI=1S/C12H23N3O/c1-14(2)12(15(3)4)13-8-5-11-6-9-16-10-7-11/h6H,5,7-10H2,1-4H3. The number of hydrogen-bond donors (Lipinski definition) is 0. The number of aliphatic imine (C=N–C) groups is 1. The number of ether oxygens (including phenoxy) is 1. The minimum atomic E-state index is 0.771. The molecule has 0 bridgehead atoms. The lowest BCUT2D eigenvalue weighted by atomic mass is 10.1. The number of nitrogens with zero attached hydrogens (tertiary/aromatic N) is 3. The van der Waals surface area contributed by atoms with Gasteiger partial charge < -0.3 is 14.5 Å². The van der Waals surface area contributed by atoms with Gasteiger partial charge in [-0.05, 0) is 12.8 Å². The summed E-state index contributed by atoms with van der Waals surface area (Å²) in [7, 11) is 8.08. The molecule has 0 amide bonds. The molecule has 0 atom stereocenters. The molecule has 4 heteroatoms. The van der Waals surface area contributed by atoms with Gasteiger partial charge in [0, 0.05) is 34.7 Å². The Bertz CT molecular complexity index is 259. The largest absolute Gasteiger partial charge is 0.377 e. The van der Waals surface area contributed by atoms with E-state index in [-0.39, 0.29) is 0 Å². The summed E-state index contributed by atoms with van der Waals surface area (Å²) < 4.78 is 5.27. The molecule has 0 aliphatic carbocycles. The third-order valence-electron chi connectivity index (χ3n) is 2.54. The van der Waals surface area contributed by atoms with Crippen LogP contribution in [0, 0.1) is 0 Å². The molecule has 16 heavy (non-hydrogen) atoms. The molecule has 1 aliphatic rings. The van der Waals surface area contributed by atoms with Gasteiger partial charge in [-0.2, -0.15) is 0 Å². The maximum atomic E-state index is 5.27. The molecule has 0 saturated carbocycles. The Morgan fingerprint density at radius 1 is 1.31 bits per heavy atom. The minimum absolute atomic E-state index is 0.771. The maximum Gasteiger partial charge on any atom is 0.195 e. The summed E-state index contributed by atoms with van der Waals surface area (Å²) in [6.45, 7) is 2.49. The predicted molar refractivity (Wildman–Crippen MR) is 67.8 cm³/mol. The van der Waals surface area contributed by atoms with Gasteiger partial charge in [0.2, 0.25) is 0 Å². The SMILES string of the molecule is CN(C)C(=NCCC1=CCOCC1)N(C)C. The van der Waals surface area contributed by atoms with Crippen molar-refractivity contribution in [3.63, 3.8) is 0 Å². The van der Waals surface area contributed by atoms with Crippen molar-refractivity contribution in [2.45, 2.75) is 12.8 Å². The lowest BCUT2D eigenvalue weighted by Gasteiger charge is -2.22. The first-order valence-electron chi connectivity index (χ1n) is 5.76. The van der Waals surface area contributed by atoms with Crippen LogP contribution in [0.15, 0.2) is 16.6 Å². The minimum Gasteiger partial charge on any atom is -0.377 e. The molecular formula is C12H23N3O. The van der Waals surface area contributed by atoms with Gasteiger partial charge in [-0.25, -0.2) is 0 Å². The molecule has 0 spiro atoms. The summed E-state index contributed by atoms with van der Waals surface area (Å²) in [6, 6.07) is 0. The monoisotopic (exact) mass is 225 g/mol. The van der Waals surface area contributed by atoms with Gasteiger partial charge in [-0.15, -0.1) is 0 Å². The van der Waals surface area contributed by atoms with Crippen LogP contribution in [0.1, 0.15) is 12.8 Å². The van der Waals surface area contributed by atoms with E-state index < -0.39 is 0 Å². The average Bonchev–Trinajstić information content (AvgIpc) is 2.24. The fourth-order valence-corrected chi connectivity index (χ4v) is 1.77. The van der Waals surface area contributed by atoms with Crippen LogP contribution in [0.5, 0.6) is 0 Å². The molecule has 4 nitrogen and oxygen atoms in total. The topological polar surface area (TPSA) is 28.1 Å². The van der Waals surface area contributed by atoms with Crippen molar-refractivity contribution in [2.75, 3.05) is 47.9 Å². The average molecular weight is 225 g/mol. The van der Waals surface area contributed by atoms with Crippen LogP contribution in [0.4, 0.5) is 0 Å². The van der Waals surface area contributed by atoms with Crippen LogP contribution in [0.25, 0.3) is 0 Å². The molecule has 92 valence electrons. The van der Waals surface area contributed by atoms with Gasteiger partial charge in [0.25, 0.3) is 0 Å². The Morgan fingerprint density at radius 3 is 2.50 bits per heavy atom. The zero-order chi connectivity index (χ0) is 12.0. The van der Waals surface area contributed by atoms with Crippen LogP contribution in [0.2, 0.25) is 0 Å². The zero-order valence-corrected chi connectivity index (χ0v) is 10.9. The molecule has 0 saturated heterocycles. The highest BCUT2D eigenvalue weighted by Gasteiger charge is 2.05. The Balaban J connectivity index is 2.41. The second-order valence-corrected chi connectivity index (χ2v) is 4.41. The summed E-state index contributed by atoms with van der Waals surface area (Å²) in [5.41, 5.74) is 1.48. The Labute approximate surface area is 98.6 Å². The molecule has 0 fully saturated rings. The van der Waals surface area contributed by atoms with E-state index in [9.17, 15) is 0 Å². The normalized spacial score (nSPS) is 15.4. The quantitative estimate of drug-likeness (QED) is 0.410. The highest BCUT2D eigenvalue weighted by Crippen LogP contribution is 2.11. The van der Waals surface area contributed by atoms with Gasteiger partial charge in [-0.1, -0.05) is 11.6 Å². The molecule has 0 aromatic heterocycles. The van der Waals surface area contributed by atoms with E-state index in [1.165, 1.54) is 5.57 Å². The van der Waals surface area contributed by atoms with E-state index in [0.29, 0.717) is 0 Å². The molecule has 1 heterocycles. The highest BCUT2D eigenvalue weighted by atomic mass is 16.5. The molecule has 1 aliphatic heterocycles. The lowest BCUT2D eigenvalue weighted by Crippen LogP contribution is -2.35. The van der Waals surface area contributed by atoms with E-state index in [1.54, 1.807) is 0 Å². The van der Waals surface area contributed by atoms with Crippen molar-refractivity contribution in [3.8, 4) is 0 Å². The van der Waals surface area contributed by atoms with E-state index in [0.717, 1.165) is 38.6 Å². The van der Waals surface area contributed by atoms with Crippen LogP contribution in [-0.2, 0) is 4.74 Å². The lowest BCUT2D eigenvalue weighted by molar-refractivity contribution is 0.153. The Kier molecular flexibility index (Phi) is 5.32. The second kappa shape index (κ2) is 6.53. The molecule has 1 rings (SSSR count). The third kappa shape index (κ3) is 4.23. The number of rotatable bonds is 3. The van der Waals surface area contributed by atoms with Crippen LogP contribution in [-0.4, -0.2) is 63.7 Å². The summed E-state index contributed by atoms with van der Waals surface area (Å²) in [5, 5.41) is 0. The summed E-state index contributed by atoms with van der Waals surface area (Å²) in [6.07, 6.45) is 4.30.